The molecule has 5 heteroatoms. The number of carbonyl (C=O) groups is 1. The third-order valence-electron chi connectivity index (χ3n) is 4.02. The highest BCUT2D eigenvalue weighted by Crippen LogP contribution is 2.19. The van der Waals surface area contributed by atoms with Crippen LogP contribution in [-0.4, -0.2) is 17.4 Å². The number of carbonyl (C=O) groups excluding carboxylic acids is 1. The Hall–Kier alpha value is -3.05. The maximum absolute atomic E-state index is 13.6. The van der Waals surface area contributed by atoms with Gasteiger partial charge in [-0.2, -0.15) is 0 Å². The summed E-state index contributed by atoms with van der Waals surface area (Å²) >= 11 is 0. The summed E-state index contributed by atoms with van der Waals surface area (Å²) in [5, 5.41) is 5.97. The number of pyridine rings is 1. The molecule has 3 rings (SSSR count). The van der Waals surface area contributed by atoms with E-state index >= 15 is 0 Å². The molecule has 1 heterocycles. The summed E-state index contributed by atoms with van der Waals surface area (Å²) in [5.74, 6) is -0.526. The average Bonchev–Trinajstić information content (AvgIpc) is 2.69. The highest BCUT2D eigenvalue weighted by molar-refractivity contribution is 5.78. The van der Waals surface area contributed by atoms with E-state index in [9.17, 15) is 9.18 Å². The Balaban J connectivity index is 1.63. The molecule has 0 radical (unpaired) electrons. The fourth-order valence-electron chi connectivity index (χ4n) is 2.68. The fourth-order valence-corrected chi connectivity index (χ4v) is 2.68. The van der Waals surface area contributed by atoms with Crippen LogP contribution >= 0.6 is 0 Å². The lowest BCUT2D eigenvalue weighted by atomic mass is 10.0. The molecule has 1 amide bonds. The summed E-state index contributed by atoms with van der Waals surface area (Å²) in [6, 6.07) is 21.7. The third-order valence-corrected chi connectivity index (χ3v) is 4.02. The topological polar surface area (TPSA) is 54.0 Å². The van der Waals surface area contributed by atoms with Crippen molar-refractivity contribution in [3.63, 3.8) is 0 Å². The van der Waals surface area contributed by atoms with Crippen molar-refractivity contribution in [1.82, 2.24) is 15.6 Å². The van der Waals surface area contributed by atoms with Gasteiger partial charge in [0.2, 0.25) is 5.91 Å². The quantitative estimate of drug-likeness (QED) is 0.689. The molecular formula is C21H20FN3O. The number of nitrogens with one attached hydrogen (secondary N) is 2. The number of hydrogen-bond acceptors (Lipinski definition) is 3. The molecule has 132 valence electrons. The van der Waals surface area contributed by atoms with Gasteiger partial charge in [-0.1, -0.05) is 54.6 Å². The van der Waals surface area contributed by atoms with Crippen LogP contribution < -0.4 is 10.6 Å². The molecule has 4 nitrogen and oxygen atoms in total. The zero-order chi connectivity index (χ0) is 18.2. The van der Waals surface area contributed by atoms with E-state index in [0.717, 1.165) is 11.3 Å². The molecule has 0 unspecified atom stereocenters. The molecule has 26 heavy (non-hydrogen) atoms. The Morgan fingerprint density at radius 2 is 1.69 bits per heavy atom. The molecule has 0 bridgehead atoms. The van der Waals surface area contributed by atoms with Crippen molar-refractivity contribution in [2.24, 2.45) is 0 Å². The second kappa shape index (κ2) is 8.87. The molecule has 3 aromatic rings. The molecule has 2 aromatic carbocycles. The van der Waals surface area contributed by atoms with Gasteiger partial charge in [-0.15, -0.1) is 0 Å². The summed E-state index contributed by atoms with van der Waals surface area (Å²) in [5.41, 5.74) is 2.32. The van der Waals surface area contributed by atoms with Crippen molar-refractivity contribution < 1.29 is 9.18 Å². The van der Waals surface area contributed by atoms with Gasteiger partial charge in [0.1, 0.15) is 5.82 Å². The van der Waals surface area contributed by atoms with Crippen molar-refractivity contribution in [1.29, 1.82) is 0 Å². The molecule has 0 aliphatic heterocycles. The van der Waals surface area contributed by atoms with Gasteiger partial charge in [-0.3, -0.25) is 15.1 Å². The summed E-state index contributed by atoms with van der Waals surface area (Å²) in [4.78, 5) is 16.6. The predicted molar refractivity (Wildman–Crippen MR) is 98.8 cm³/mol. The molecule has 1 aromatic heterocycles. The Labute approximate surface area is 152 Å². The van der Waals surface area contributed by atoms with Crippen molar-refractivity contribution in [2.75, 3.05) is 6.54 Å². The molecule has 0 saturated heterocycles. The minimum absolute atomic E-state index is 0.102. The number of hydrogen-bond donors (Lipinski definition) is 2. The van der Waals surface area contributed by atoms with E-state index in [2.05, 4.69) is 15.6 Å². The standard InChI is InChI=1S/C21H20FN3O/c22-18-11-5-4-10-17(18)14-24-20(26)15-25-21(16-8-2-1-3-9-16)19-12-6-7-13-23-19/h1-13,21,25H,14-15H2,(H,24,26)/t21-/m1/s1. The number of halogens is 1. The van der Waals surface area contributed by atoms with Crippen molar-refractivity contribution in [2.45, 2.75) is 12.6 Å². The van der Waals surface area contributed by atoms with E-state index in [1.54, 1.807) is 24.4 Å². The Bertz CT molecular complexity index is 801. The van der Waals surface area contributed by atoms with E-state index in [1.807, 2.05) is 48.5 Å². The smallest absolute Gasteiger partial charge is 0.234 e. The number of amides is 1. The first-order valence-corrected chi connectivity index (χ1v) is 8.43. The summed E-state index contributed by atoms with van der Waals surface area (Å²) < 4.78 is 13.6. The van der Waals surface area contributed by atoms with Crippen LogP contribution in [0.15, 0.2) is 79.0 Å². The zero-order valence-electron chi connectivity index (χ0n) is 14.2. The van der Waals surface area contributed by atoms with Crippen LogP contribution in [0.5, 0.6) is 0 Å². The first-order chi connectivity index (χ1) is 12.7. The van der Waals surface area contributed by atoms with Gasteiger partial charge in [0.25, 0.3) is 0 Å². The number of benzene rings is 2. The first kappa shape index (κ1) is 17.8. The minimum atomic E-state index is -0.323. The van der Waals surface area contributed by atoms with Gasteiger partial charge >= 0.3 is 0 Å². The van der Waals surface area contributed by atoms with Crippen LogP contribution in [0.25, 0.3) is 0 Å². The Morgan fingerprint density at radius 1 is 0.962 bits per heavy atom. The van der Waals surface area contributed by atoms with E-state index in [1.165, 1.54) is 6.07 Å². The zero-order valence-corrected chi connectivity index (χ0v) is 14.2. The van der Waals surface area contributed by atoms with E-state index in [0.29, 0.717) is 5.56 Å². The molecule has 2 N–H and O–H groups in total. The summed E-state index contributed by atoms with van der Waals surface area (Å²) in [6.45, 7) is 0.261. The first-order valence-electron chi connectivity index (χ1n) is 8.43. The lowest BCUT2D eigenvalue weighted by molar-refractivity contribution is -0.120. The van der Waals surface area contributed by atoms with Crippen LogP contribution in [-0.2, 0) is 11.3 Å². The highest BCUT2D eigenvalue weighted by atomic mass is 19.1. The van der Waals surface area contributed by atoms with Crippen molar-refractivity contribution in [3.05, 3.63) is 102 Å². The molecule has 0 spiro atoms. The second-order valence-corrected chi connectivity index (χ2v) is 5.85. The normalized spacial score (nSPS) is 11.7. The van der Waals surface area contributed by atoms with Crippen LogP contribution in [0.2, 0.25) is 0 Å². The molecule has 0 saturated carbocycles. The van der Waals surface area contributed by atoms with Crippen molar-refractivity contribution >= 4 is 5.91 Å². The van der Waals surface area contributed by atoms with E-state index in [4.69, 9.17) is 0 Å². The highest BCUT2D eigenvalue weighted by Gasteiger charge is 2.16. The van der Waals surface area contributed by atoms with Crippen LogP contribution in [0, 0.1) is 5.82 Å². The summed E-state index contributed by atoms with van der Waals surface area (Å²) in [7, 11) is 0. The van der Waals surface area contributed by atoms with Crippen LogP contribution in [0.4, 0.5) is 4.39 Å². The van der Waals surface area contributed by atoms with Crippen LogP contribution in [0.1, 0.15) is 22.9 Å². The molecule has 0 aliphatic carbocycles. The van der Waals surface area contributed by atoms with E-state index < -0.39 is 0 Å². The largest absolute Gasteiger partial charge is 0.351 e. The lowest BCUT2D eigenvalue weighted by Gasteiger charge is -2.18. The Morgan fingerprint density at radius 3 is 2.42 bits per heavy atom. The minimum Gasteiger partial charge on any atom is -0.351 e. The average molecular weight is 349 g/mol. The molecule has 0 aliphatic rings. The summed E-state index contributed by atoms with van der Waals surface area (Å²) in [6.07, 6.45) is 1.73. The SMILES string of the molecule is O=C(CN[C@H](c1ccccc1)c1ccccn1)NCc1ccccc1F. The molecule has 0 fully saturated rings. The molecule has 1 atom stereocenters. The maximum atomic E-state index is 13.6. The lowest BCUT2D eigenvalue weighted by Crippen LogP contribution is -2.36. The van der Waals surface area contributed by atoms with Gasteiger partial charge in [0.05, 0.1) is 18.3 Å². The second-order valence-electron chi connectivity index (χ2n) is 5.85. The predicted octanol–water partition coefficient (Wildman–Crippen LogP) is 3.22. The maximum Gasteiger partial charge on any atom is 0.234 e. The van der Waals surface area contributed by atoms with Gasteiger partial charge in [-0.25, -0.2) is 4.39 Å². The van der Waals surface area contributed by atoms with Gasteiger partial charge in [0, 0.05) is 18.3 Å². The number of nitrogens with zero attached hydrogens (tertiary/aromatic N) is 1. The van der Waals surface area contributed by atoms with Gasteiger partial charge in [-0.05, 0) is 23.8 Å². The third kappa shape index (κ3) is 4.74. The number of rotatable bonds is 7. The van der Waals surface area contributed by atoms with E-state index in [-0.39, 0.29) is 30.9 Å². The van der Waals surface area contributed by atoms with Gasteiger partial charge < -0.3 is 5.32 Å². The number of aromatic nitrogens is 1. The van der Waals surface area contributed by atoms with Crippen LogP contribution in [0.3, 0.4) is 0 Å². The fraction of sp³-hybridized carbons (Fsp3) is 0.143. The molecular weight excluding hydrogens is 329 g/mol. The monoisotopic (exact) mass is 349 g/mol. The van der Waals surface area contributed by atoms with Crippen molar-refractivity contribution in [3.8, 4) is 0 Å². The van der Waals surface area contributed by atoms with Gasteiger partial charge in [0.15, 0.2) is 0 Å². The Kier molecular flexibility index (Phi) is 6.06.